The number of hydrogen-bond acceptors (Lipinski definition) is 4. The number of rotatable bonds is 4. The minimum absolute atomic E-state index is 0.0339. The van der Waals surface area contributed by atoms with Gasteiger partial charge in [0.15, 0.2) is 5.78 Å². The van der Waals surface area contributed by atoms with Crippen LogP contribution in [0.1, 0.15) is 63.6 Å². The first-order valence-electron chi connectivity index (χ1n) is 8.51. The van der Waals surface area contributed by atoms with Crippen molar-refractivity contribution in [2.24, 2.45) is 0 Å². The fourth-order valence-electron chi connectivity index (χ4n) is 3.53. The zero-order valence-electron chi connectivity index (χ0n) is 14.7. The summed E-state index contributed by atoms with van der Waals surface area (Å²) >= 11 is 0. The van der Waals surface area contributed by atoms with Gasteiger partial charge in [-0.3, -0.25) is 14.4 Å². The molecule has 0 atom stereocenters. The van der Waals surface area contributed by atoms with Crippen LogP contribution in [0.3, 0.4) is 0 Å². The molecule has 0 unspecified atom stereocenters. The minimum atomic E-state index is -0.146. The van der Waals surface area contributed by atoms with E-state index in [-0.39, 0.29) is 17.2 Å². The van der Waals surface area contributed by atoms with Gasteiger partial charge in [-0.05, 0) is 32.3 Å². The van der Waals surface area contributed by atoms with Crippen LogP contribution in [-0.2, 0) is 19.4 Å². The fraction of sp³-hybridized carbons (Fsp3) is 0.444. The summed E-state index contributed by atoms with van der Waals surface area (Å²) in [4.78, 5) is 48.4. The van der Waals surface area contributed by atoms with Crippen molar-refractivity contribution in [2.45, 2.75) is 46.6 Å². The number of nitrogens with one attached hydrogen (secondary N) is 2. The lowest BCUT2D eigenvalue weighted by atomic mass is 10.00. The topological polar surface area (TPSA) is 98.9 Å². The molecule has 2 N–H and O–H groups in total. The van der Waals surface area contributed by atoms with Crippen LogP contribution in [0.2, 0.25) is 0 Å². The zero-order valence-corrected chi connectivity index (χ0v) is 14.7. The molecule has 0 aromatic carbocycles. The van der Waals surface area contributed by atoms with Crippen LogP contribution in [0, 0.1) is 6.92 Å². The van der Waals surface area contributed by atoms with Crippen molar-refractivity contribution in [3.63, 3.8) is 0 Å². The number of Topliss-reactive ketones (excluding diaryl/α,β-unsaturated/α-hetero) is 1. The summed E-state index contributed by atoms with van der Waals surface area (Å²) in [6, 6.07) is 0. The maximum atomic E-state index is 13.0. The maximum absolute atomic E-state index is 13.0. The molecular formula is C18H22N4O3. The van der Waals surface area contributed by atoms with Crippen molar-refractivity contribution in [3.8, 4) is 0 Å². The number of aryl methyl sites for hydroxylation is 1. The Balaban J connectivity index is 1.95. The molecule has 1 amide bonds. The molecule has 3 heterocycles. The summed E-state index contributed by atoms with van der Waals surface area (Å²) < 4.78 is 0. The summed E-state index contributed by atoms with van der Waals surface area (Å²) in [7, 11) is 0. The number of nitrogens with zero attached hydrogens (tertiary/aromatic N) is 2. The molecule has 0 saturated heterocycles. The Hall–Kier alpha value is -2.70. The zero-order chi connectivity index (χ0) is 18.1. The van der Waals surface area contributed by atoms with E-state index in [9.17, 15) is 14.4 Å². The number of H-pyrrole nitrogens is 2. The molecule has 1 aliphatic rings. The molecule has 3 rings (SSSR count). The van der Waals surface area contributed by atoms with Gasteiger partial charge in [0.05, 0.1) is 18.6 Å². The predicted octanol–water partition coefficient (Wildman–Crippen LogP) is 1.76. The third-order valence-electron chi connectivity index (χ3n) is 4.66. The normalized spacial score (nSPS) is 13.6. The smallest absolute Gasteiger partial charge is 0.270 e. The quantitative estimate of drug-likeness (QED) is 0.827. The van der Waals surface area contributed by atoms with Crippen molar-refractivity contribution in [3.05, 3.63) is 50.5 Å². The first kappa shape index (κ1) is 17.1. The van der Waals surface area contributed by atoms with E-state index in [2.05, 4.69) is 15.0 Å². The molecular weight excluding hydrogens is 320 g/mol. The van der Waals surface area contributed by atoms with Gasteiger partial charge in [-0.25, -0.2) is 4.98 Å². The third kappa shape index (κ3) is 3.01. The molecule has 2 aromatic rings. The monoisotopic (exact) mass is 342 g/mol. The molecule has 0 radical (unpaired) electrons. The highest BCUT2D eigenvalue weighted by molar-refractivity contribution is 6.02. The Labute approximate surface area is 145 Å². The van der Waals surface area contributed by atoms with Crippen LogP contribution in [0.5, 0.6) is 0 Å². The number of carbonyl (C=O) groups excluding carboxylic acids is 2. The minimum Gasteiger partial charge on any atom is -0.354 e. The van der Waals surface area contributed by atoms with Crippen LogP contribution in [0.4, 0.5) is 0 Å². The van der Waals surface area contributed by atoms with Gasteiger partial charge in [0.25, 0.3) is 11.5 Å². The number of ketones is 1. The molecule has 0 saturated carbocycles. The van der Waals surface area contributed by atoms with E-state index in [1.807, 2.05) is 13.8 Å². The van der Waals surface area contributed by atoms with Crippen molar-refractivity contribution in [1.82, 2.24) is 19.9 Å². The van der Waals surface area contributed by atoms with Gasteiger partial charge in [-0.15, -0.1) is 0 Å². The first-order valence-corrected chi connectivity index (χ1v) is 8.51. The Morgan fingerprint density at radius 1 is 1.36 bits per heavy atom. The SMILES string of the molecule is CCCc1c(C(=O)N2CCc3c(nc[nH]c3=O)C2)[nH]c(C)c1C(C)=O. The lowest BCUT2D eigenvalue weighted by Gasteiger charge is -2.27. The van der Waals surface area contributed by atoms with Crippen LogP contribution >= 0.6 is 0 Å². The summed E-state index contributed by atoms with van der Waals surface area (Å²) in [6.07, 6.45) is 3.36. The second-order valence-corrected chi connectivity index (χ2v) is 6.42. The Morgan fingerprint density at radius 2 is 2.12 bits per heavy atom. The predicted molar refractivity (Wildman–Crippen MR) is 92.8 cm³/mol. The summed E-state index contributed by atoms with van der Waals surface area (Å²) in [5.41, 5.74) is 3.77. The van der Waals surface area contributed by atoms with Crippen molar-refractivity contribution < 1.29 is 9.59 Å². The van der Waals surface area contributed by atoms with Crippen molar-refractivity contribution in [1.29, 1.82) is 0 Å². The van der Waals surface area contributed by atoms with Gasteiger partial charge >= 0.3 is 0 Å². The van der Waals surface area contributed by atoms with Gasteiger partial charge in [-0.2, -0.15) is 0 Å². The second-order valence-electron chi connectivity index (χ2n) is 6.42. The van der Waals surface area contributed by atoms with Gasteiger partial charge in [0.2, 0.25) is 0 Å². The lowest BCUT2D eigenvalue weighted by Crippen LogP contribution is -2.39. The van der Waals surface area contributed by atoms with E-state index in [4.69, 9.17) is 0 Å². The average molecular weight is 342 g/mol. The number of carbonyl (C=O) groups is 2. The van der Waals surface area contributed by atoms with E-state index in [1.165, 1.54) is 13.3 Å². The number of hydrogen-bond donors (Lipinski definition) is 2. The van der Waals surface area contributed by atoms with Crippen LogP contribution in [0.25, 0.3) is 0 Å². The van der Waals surface area contributed by atoms with Crippen LogP contribution < -0.4 is 5.56 Å². The Morgan fingerprint density at radius 3 is 2.80 bits per heavy atom. The third-order valence-corrected chi connectivity index (χ3v) is 4.66. The molecule has 0 bridgehead atoms. The largest absolute Gasteiger partial charge is 0.354 e. The lowest BCUT2D eigenvalue weighted by molar-refractivity contribution is 0.0724. The number of aromatic amines is 2. The molecule has 0 fully saturated rings. The van der Waals surface area contributed by atoms with Gasteiger partial charge < -0.3 is 14.9 Å². The molecule has 1 aliphatic heterocycles. The van der Waals surface area contributed by atoms with Gasteiger partial charge in [0.1, 0.15) is 5.69 Å². The van der Waals surface area contributed by atoms with Crippen molar-refractivity contribution >= 4 is 11.7 Å². The molecule has 7 nitrogen and oxygen atoms in total. The van der Waals surface area contributed by atoms with E-state index < -0.39 is 0 Å². The molecule has 0 spiro atoms. The average Bonchev–Trinajstić information content (AvgIpc) is 2.91. The number of amides is 1. The summed E-state index contributed by atoms with van der Waals surface area (Å²) in [5, 5.41) is 0. The molecule has 25 heavy (non-hydrogen) atoms. The highest BCUT2D eigenvalue weighted by Gasteiger charge is 2.29. The van der Waals surface area contributed by atoms with E-state index in [0.717, 1.165) is 17.7 Å². The maximum Gasteiger partial charge on any atom is 0.270 e. The fourth-order valence-corrected chi connectivity index (χ4v) is 3.53. The molecule has 2 aromatic heterocycles. The second kappa shape index (κ2) is 6.66. The first-order chi connectivity index (χ1) is 11.9. The van der Waals surface area contributed by atoms with Crippen LogP contribution in [-0.4, -0.2) is 38.1 Å². The van der Waals surface area contributed by atoms with E-state index in [0.29, 0.717) is 48.4 Å². The molecule has 132 valence electrons. The molecule has 0 aliphatic carbocycles. The van der Waals surface area contributed by atoms with Gasteiger partial charge in [0, 0.05) is 23.4 Å². The highest BCUT2D eigenvalue weighted by atomic mass is 16.2. The van der Waals surface area contributed by atoms with Crippen LogP contribution in [0.15, 0.2) is 11.1 Å². The number of aromatic nitrogens is 3. The Bertz CT molecular complexity index is 894. The van der Waals surface area contributed by atoms with Gasteiger partial charge in [-0.1, -0.05) is 13.3 Å². The highest BCUT2D eigenvalue weighted by Crippen LogP contribution is 2.24. The van der Waals surface area contributed by atoms with Crippen molar-refractivity contribution in [2.75, 3.05) is 6.54 Å². The number of fused-ring (bicyclic) bond motifs is 1. The summed E-state index contributed by atoms with van der Waals surface area (Å²) in [6.45, 7) is 6.13. The summed E-state index contributed by atoms with van der Waals surface area (Å²) in [5.74, 6) is -0.180. The van der Waals surface area contributed by atoms with E-state index >= 15 is 0 Å². The molecule has 7 heteroatoms. The standard InChI is InChI=1S/C18H22N4O3/c1-4-5-13-15(11(3)23)10(2)21-16(13)18(25)22-7-6-12-14(8-22)19-9-20-17(12)24/h9,21H,4-8H2,1-3H3,(H,19,20,24). The Kier molecular flexibility index (Phi) is 4.57. The van der Waals surface area contributed by atoms with E-state index in [1.54, 1.807) is 4.90 Å².